The lowest BCUT2D eigenvalue weighted by Crippen LogP contribution is -2.41. The van der Waals surface area contributed by atoms with Gasteiger partial charge in [-0.25, -0.2) is 14.2 Å². The van der Waals surface area contributed by atoms with Gasteiger partial charge in [-0.1, -0.05) is 63.4 Å². The van der Waals surface area contributed by atoms with E-state index in [1.165, 1.54) is 16.7 Å². The summed E-state index contributed by atoms with van der Waals surface area (Å²) in [6.45, 7) is 8.61. The molecule has 3 aromatic carbocycles. The second-order valence-electron chi connectivity index (χ2n) is 9.98. The molecule has 0 saturated heterocycles. The third kappa shape index (κ3) is 6.19. The van der Waals surface area contributed by atoms with Crippen LogP contribution < -0.4 is 10.9 Å². The molecule has 1 heterocycles. The summed E-state index contributed by atoms with van der Waals surface area (Å²) >= 11 is 0. The third-order valence-corrected chi connectivity index (χ3v) is 7.17. The van der Waals surface area contributed by atoms with Crippen LogP contribution in [0.2, 0.25) is 0 Å². The van der Waals surface area contributed by atoms with Crippen molar-refractivity contribution >= 4 is 22.6 Å². The van der Waals surface area contributed by atoms with Crippen LogP contribution in [0.5, 0.6) is 0 Å². The van der Waals surface area contributed by atoms with Crippen LogP contribution in [0.3, 0.4) is 0 Å². The number of aryl methyl sites for hydroxylation is 2. The molecule has 1 unspecified atom stereocenters. The highest BCUT2D eigenvalue weighted by molar-refractivity contribution is 5.91. The van der Waals surface area contributed by atoms with Crippen LogP contribution in [0.15, 0.2) is 71.5 Å². The van der Waals surface area contributed by atoms with Crippen molar-refractivity contribution in [3.8, 4) is 5.69 Å². The molecule has 0 aliphatic carbocycles. The second-order valence-corrected chi connectivity index (χ2v) is 9.98. The molecule has 0 bridgehead atoms. The zero-order chi connectivity index (χ0) is 27.9. The van der Waals surface area contributed by atoms with Crippen molar-refractivity contribution in [2.75, 3.05) is 11.9 Å². The normalized spacial score (nSPS) is 11.9. The van der Waals surface area contributed by atoms with E-state index in [2.05, 4.69) is 12.2 Å². The summed E-state index contributed by atoms with van der Waals surface area (Å²) in [6.07, 6.45) is 4.54. The van der Waals surface area contributed by atoms with Gasteiger partial charge in [-0.05, 0) is 74.2 Å². The molecule has 0 spiro atoms. The maximum atomic E-state index is 13.9. The molecule has 204 valence electrons. The highest BCUT2D eigenvalue weighted by Crippen LogP contribution is 2.28. The van der Waals surface area contributed by atoms with Gasteiger partial charge in [0.1, 0.15) is 11.6 Å². The number of hydrogen-bond acceptors (Lipinski definition) is 3. The smallest absolute Gasteiger partial charge is 0.314 e. The minimum absolute atomic E-state index is 0.233. The van der Waals surface area contributed by atoms with Crippen LogP contribution in [-0.2, 0) is 0 Å². The summed E-state index contributed by atoms with van der Waals surface area (Å²) in [6, 6.07) is 18.2. The number of hydrogen-bond donors (Lipinski definition) is 1. The Hall–Kier alpha value is -4.00. The molecule has 0 aliphatic heterocycles. The highest BCUT2D eigenvalue weighted by atomic mass is 19.1. The standard InChI is InChI=1S/C32H37FN4O2/c1-5-7-8-11-21-36(32(39)35-29-22(3)13-12-14-23(29)4)28(6-2)30-34-27-16-10-9-15-26(27)31(38)37(30)25-19-17-24(33)18-20-25/h9-10,12-20,28H,5-8,11,21H2,1-4H3,(H,35,39). The topological polar surface area (TPSA) is 67.2 Å². The lowest BCUT2D eigenvalue weighted by molar-refractivity contribution is 0.179. The third-order valence-electron chi connectivity index (χ3n) is 7.17. The first kappa shape index (κ1) is 28.0. The molecule has 1 atom stereocenters. The van der Waals surface area contributed by atoms with Gasteiger partial charge in [0.25, 0.3) is 5.56 Å². The number of fused-ring (bicyclic) bond motifs is 1. The molecule has 4 rings (SSSR count). The number of para-hydroxylation sites is 2. The molecule has 4 aromatic rings. The van der Waals surface area contributed by atoms with E-state index in [4.69, 9.17) is 4.98 Å². The number of halogens is 1. The zero-order valence-electron chi connectivity index (χ0n) is 23.2. The number of amides is 2. The van der Waals surface area contributed by atoms with Gasteiger partial charge in [-0.15, -0.1) is 0 Å². The first-order chi connectivity index (χ1) is 18.8. The Kier molecular flexibility index (Phi) is 9.12. The molecule has 6 nitrogen and oxygen atoms in total. The van der Waals surface area contributed by atoms with Gasteiger partial charge in [-0.3, -0.25) is 9.36 Å². The minimum Gasteiger partial charge on any atom is -0.314 e. The van der Waals surface area contributed by atoms with Crippen LogP contribution in [0.1, 0.15) is 68.9 Å². The van der Waals surface area contributed by atoms with Crippen LogP contribution in [0.4, 0.5) is 14.9 Å². The summed E-state index contributed by atoms with van der Waals surface area (Å²) in [5, 5.41) is 3.61. The Bertz CT molecular complexity index is 1480. The van der Waals surface area contributed by atoms with Crippen molar-refractivity contribution in [2.24, 2.45) is 0 Å². The Morgan fingerprint density at radius 1 is 0.949 bits per heavy atom. The van der Waals surface area contributed by atoms with Crippen molar-refractivity contribution in [3.63, 3.8) is 0 Å². The number of nitrogens with zero attached hydrogens (tertiary/aromatic N) is 3. The molecule has 0 radical (unpaired) electrons. The fraction of sp³-hybridized carbons (Fsp3) is 0.344. The van der Waals surface area contributed by atoms with Crippen molar-refractivity contribution in [1.29, 1.82) is 0 Å². The number of carbonyl (C=O) groups is 1. The molecule has 1 N–H and O–H groups in total. The van der Waals surface area contributed by atoms with E-state index in [1.807, 2.05) is 51.1 Å². The highest BCUT2D eigenvalue weighted by Gasteiger charge is 2.29. The Morgan fingerprint density at radius 2 is 1.64 bits per heavy atom. The van der Waals surface area contributed by atoms with Crippen LogP contribution in [-0.4, -0.2) is 27.0 Å². The number of nitrogens with one attached hydrogen (secondary N) is 1. The Labute approximate surface area is 229 Å². The van der Waals surface area contributed by atoms with E-state index in [0.717, 1.165) is 42.5 Å². The van der Waals surface area contributed by atoms with Gasteiger partial charge in [0, 0.05) is 12.2 Å². The van der Waals surface area contributed by atoms with Crippen LogP contribution in [0, 0.1) is 19.7 Å². The number of unbranched alkanes of at least 4 members (excludes halogenated alkanes) is 3. The maximum absolute atomic E-state index is 13.9. The average molecular weight is 529 g/mol. The van der Waals surface area contributed by atoms with Gasteiger partial charge >= 0.3 is 6.03 Å². The van der Waals surface area contributed by atoms with E-state index in [-0.39, 0.29) is 17.4 Å². The number of aromatic nitrogens is 2. The van der Waals surface area contributed by atoms with Crippen LogP contribution >= 0.6 is 0 Å². The van der Waals surface area contributed by atoms with Gasteiger partial charge in [-0.2, -0.15) is 0 Å². The van der Waals surface area contributed by atoms with Crippen molar-refractivity contribution in [2.45, 2.75) is 65.8 Å². The monoisotopic (exact) mass is 528 g/mol. The van der Waals surface area contributed by atoms with Crippen molar-refractivity contribution in [3.05, 3.63) is 99.9 Å². The van der Waals surface area contributed by atoms with E-state index in [0.29, 0.717) is 35.4 Å². The molecule has 0 saturated carbocycles. The molecule has 7 heteroatoms. The summed E-state index contributed by atoms with van der Waals surface area (Å²) in [4.78, 5) is 34.5. The summed E-state index contributed by atoms with van der Waals surface area (Å²) in [5.41, 5.74) is 3.58. The summed E-state index contributed by atoms with van der Waals surface area (Å²) in [5.74, 6) is 0.0691. The predicted molar refractivity (Wildman–Crippen MR) is 156 cm³/mol. The van der Waals surface area contributed by atoms with Crippen molar-refractivity contribution < 1.29 is 9.18 Å². The van der Waals surface area contributed by atoms with Crippen LogP contribution in [0.25, 0.3) is 16.6 Å². The number of carbonyl (C=O) groups excluding carboxylic acids is 1. The number of benzene rings is 3. The lowest BCUT2D eigenvalue weighted by atomic mass is 10.1. The van der Waals surface area contributed by atoms with E-state index in [1.54, 1.807) is 29.2 Å². The van der Waals surface area contributed by atoms with E-state index < -0.39 is 6.04 Å². The molecular formula is C32H37FN4O2. The summed E-state index contributed by atoms with van der Waals surface area (Å²) < 4.78 is 15.4. The molecule has 0 fully saturated rings. The Morgan fingerprint density at radius 3 is 2.31 bits per heavy atom. The molecular weight excluding hydrogens is 491 g/mol. The minimum atomic E-state index is -0.488. The zero-order valence-corrected chi connectivity index (χ0v) is 23.2. The first-order valence-corrected chi connectivity index (χ1v) is 13.8. The largest absolute Gasteiger partial charge is 0.322 e. The fourth-order valence-corrected chi connectivity index (χ4v) is 5.05. The van der Waals surface area contributed by atoms with E-state index in [9.17, 15) is 14.0 Å². The SMILES string of the molecule is CCCCCCN(C(=O)Nc1c(C)cccc1C)C(CC)c1nc2ccccc2c(=O)n1-c1ccc(F)cc1. The number of urea groups is 1. The first-order valence-electron chi connectivity index (χ1n) is 13.8. The van der Waals surface area contributed by atoms with Gasteiger partial charge in [0.2, 0.25) is 0 Å². The summed E-state index contributed by atoms with van der Waals surface area (Å²) in [7, 11) is 0. The number of rotatable bonds is 10. The predicted octanol–water partition coefficient (Wildman–Crippen LogP) is 7.71. The lowest BCUT2D eigenvalue weighted by Gasteiger charge is -2.33. The molecule has 2 amide bonds. The average Bonchev–Trinajstić information content (AvgIpc) is 2.93. The van der Waals surface area contributed by atoms with Gasteiger partial charge < -0.3 is 10.2 Å². The fourth-order valence-electron chi connectivity index (χ4n) is 5.05. The second kappa shape index (κ2) is 12.7. The number of anilines is 1. The quantitative estimate of drug-likeness (QED) is 0.214. The molecule has 39 heavy (non-hydrogen) atoms. The van der Waals surface area contributed by atoms with E-state index >= 15 is 0 Å². The molecule has 1 aromatic heterocycles. The Balaban J connectivity index is 1.85. The van der Waals surface area contributed by atoms with Gasteiger partial charge in [0.05, 0.1) is 22.6 Å². The molecule has 0 aliphatic rings. The van der Waals surface area contributed by atoms with Gasteiger partial charge in [0.15, 0.2) is 0 Å². The maximum Gasteiger partial charge on any atom is 0.322 e. The van der Waals surface area contributed by atoms with Crippen molar-refractivity contribution in [1.82, 2.24) is 14.5 Å².